The second-order valence-electron chi connectivity index (χ2n) is 8.14. The van der Waals surface area contributed by atoms with Crippen molar-refractivity contribution < 1.29 is 14.1 Å². The molecule has 4 aromatic rings. The number of methoxy groups -OCH3 is 1. The lowest BCUT2D eigenvalue weighted by Gasteiger charge is -2.28. The van der Waals surface area contributed by atoms with E-state index >= 15 is 0 Å². The van der Waals surface area contributed by atoms with E-state index in [1.807, 2.05) is 29.6 Å². The summed E-state index contributed by atoms with van der Waals surface area (Å²) >= 11 is 7.71. The minimum absolute atomic E-state index is 0.324. The van der Waals surface area contributed by atoms with Gasteiger partial charge in [-0.25, -0.2) is 4.98 Å². The van der Waals surface area contributed by atoms with Gasteiger partial charge < -0.3 is 9.26 Å². The maximum atomic E-state index is 13.1. The van der Waals surface area contributed by atoms with Gasteiger partial charge in [-0.2, -0.15) is 0 Å². The van der Waals surface area contributed by atoms with E-state index in [-0.39, 0.29) is 5.91 Å². The Labute approximate surface area is 206 Å². The number of aryl methyl sites for hydroxylation is 1. The van der Waals surface area contributed by atoms with Crippen molar-refractivity contribution in [2.24, 2.45) is 0 Å². The van der Waals surface area contributed by atoms with Gasteiger partial charge in [0.1, 0.15) is 22.8 Å². The molecule has 0 atom stereocenters. The normalized spacial score (nSPS) is 13.5. The van der Waals surface area contributed by atoms with Gasteiger partial charge in [0.25, 0.3) is 5.91 Å². The molecule has 174 valence electrons. The van der Waals surface area contributed by atoms with Crippen LogP contribution in [0.4, 0.5) is 5.13 Å². The molecule has 0 bridgehead atoms. The van der Waals surface area contributed by atoms with E-state index in [0.717, 1.165) is 37.5 Å². The molecule has 3 heterocycles. The monoisotopic (exact) mass is 494 g/mol. The van der Waals surface area contributed by atoms with Crippen molar-refractivity contribution in [1.82, 2.24) is 15.0 Å². The molecule has 34 heavy (non-hydrogen) atoms. The van der Waals surface area contributed by atoms with Crippen LogP contribution in [0.15, 0.2) is 52.4 Å². The van der Waals surface area contributed by atoms with Gasteiger partial charge in [-0.15, -0.1) is 11.3 Å². The highest BCUT2D eigenvalue weighted by atomic mass is 35.5. The van der Waals surface area contributed by atoms with Crippen molar-refractivity contribution in [1.29, 1.82) is 0 Å². The molecule has 5 rings (SSSR count). The molecule has 1 N–H and O–H groups in total. The van der Waals surface area contributed by atoms with Crippen LogP contribution in [0.25, 0.3) is 11.3 Å². The van der Waals surface area contributed by atoms with E-state index < -0.39 is 0 Å². The SMILES string of the molecule is COc1ccc2c(c1)CCN(Cc1csc(NC(=O)c3c(-c4ccccc4Cl)noc3C)n1)C2. The summed E-state index contributed by atoms with van der Waals surface area (Å²) in [6, 6.07) is 13.5. The molecule has 0 radical (unpaired) electrons. The third-order valence-electron chi connectivity index (χ3n) is 5.88. The van der Waals surface area contributed by atoms with Crippen LogP contribution >= 0.6 is 22.9 Å². The number of ether oxygens (including phenoxy) is 1. The summed E-state index contributed by atoms with van der Waals surface area (Å²) < 4.78 is 10.6. The molecule has 0 saturated heterocycles. The summed E-state index contributed by atoms with van der Waals surface area (Å²) in [7, 11) is 1.69. The Balaban J connectivity index is 1.27. The van der Waals surface area contributed by atoms with Gasteiger partial charge in [0.05, 0.1) is 17.8 Å². The summed E-state index contributed by atoms with van der Waals surface area (Å²) in [6.45, 7) is 4.23. The molecule has 7 nitrogen and oxygen atoms in total. The highest BCUT2D eigenvalue weighted by Gasteiger charge is 2.24. The highest BCUT2D eigenvalue weighted by molar-refractivity contribution is 7.14. The van der Waals surface area contributed by atoms with Crippen molar-refractivity contribution in [3.8, 4) is 17.0 Å². The van der Waals surface area contributed by atoms with E-state index in [4.69, 9.17) is 20.9 Å². The molecule has 1 aliphatic rings. The summed E-state index contributed by atoms with van der Waals surface area (Å²) in [5.74, 6) is 0.996. The fraction of sp³-hybridized carbons (Fsp3) is 0.240. The summed E-state index contributed by atoms with van der Waals surface area (Å²) in [5.41, 5.74) is 4.99. The molecular weight excluding hydrogens is 472 g/mol. The maximum Gasteiger partial charge on any atom is 0.263 e. The number of halogens is 1. The Morgan fingerprint density at radius 3 is 2.94 bits per heavy atom. The molecule has 0 saturated carbocycles. The van der Waals surface area contributed by atoms with E-state index in [1.54, 1.807) is 20.1 Å². The van der Waals surface area contributed by atoms with Crippen molar-refractivity contribution >= 4 is 34.0 Å². The van der Waals surface area contributed by atoms with Crippen molar-refractivity contribution in [2.75, 3.05) is 19.0 Å². The van der Waals surface area contributed by atoms with Gasteiger partial charge >= 0.3 is 0 Å². The molecule has 2 aromatic carbocycles. The topological polar surface area (TPSA) is 80.5 Å². The molecule has 9 heteroatoms. The van der Waals surface area contributed by atoms with Crippen LogP contribution in [0.2, 0.25) is 5.02 Å². The van der Waals surface area contributed by atoms with Crippen molar-refractivity contribution in [2.45, 2.75) is 26.4 Å². The fourth-order valence-corrected chi connectivity index (χ4v) is 5.07. The number of benzene rings is 2. The summed E-state index contributed by atoms with van der Waals surface area (Å²) in [6.07, 6.45) is 0.970. The van der Waals surface area contributed by atoms with E-state index in [0.29, 0.717) is 32.7 Å². The van der Waals surface area contributed by atoms with Crippen molar-refractivity contribution in [3.05, 3.63) is 81.0 Å². The van der Waals surface area contributed by atoms with Gasteiger partial charge in [-0.3, -0.25) is 15.0 Å². The zero-order valence-electron chi connectivity index (χ0n) is 18.8. The zero-order valence-corrected chi connectivity index (χ0v) is 20.4. The van der Waals surface area contributed by atoms with Crippen LogP contribution in [-0.2, 0) is 19.5 Å². The standard InChI is InChI=1S/C25H23ClN4O3S/c1-15-22(23(29-33-15)20-5-3-4-6-21(20)26)24(31)28-25-27-18(14-34-25)13-30-10-9-16-11-19(32-2)8-7-17(16)12-30/h3-8,11,14H,9-10,12-13H2,1-2H3,(H,27,28,31). The predicted octanol–water partition coefficient (Wildman–Crippen LogP) is 5.58. The number of aromatic nitrogens is 2. The first-order chi connectivity index (χ1) is 16.5. The number of carbonyl (C=O) groups excluding carboxylic acids is 1. The second kappa shape index (κ2) is 9.58. The first-order valence-electron chi connectivity index (χ1n) is 10.9. The number of amides is 1. The van der Waals surface area contributed by atoms with E-state index in [1.165, 1.54) is 22.5 Å². The van der Waals surface area contributed by atoms with Crippen LogP contribution < -0.4 is 10.1 Å². The number of carbonyl (C=O) groups is 1. The second-order valence-corrected chi connectivity index (χ2v) is 9.40. The molecule has 0 spiro atoms. The third-order valence-corrected chi connectivity index (χ3v) is 7.02. The van der Waals surface area contributed by atoms with E-state index in [2.05, 4.69) is 32.5 Å². The highest BCUT2D eigenvalue weighted by Crippen LogP contribution is 2.32. The Morgan fingerprint density at radius 1 is 1.26 bits per heavy atom. The molecule has 1 aliphatic heterocycles. The predicted molar refractivity (Wildman–Crippen MR) is 133 cm³/mol. The number of nitrogens with zero attached hydrogens (tertiary/aromatic N) is 3. The van der Waals surface area contributed by atoms with Crippen LogP contribution in [0.3, 0.4) is 0 Å². The summed E-state index contributed by atoms with van der Waals surface area (Å²) in [4.78, 5) is 20.1. The lowest BCUT2D eigenvalue weighted by molar-refractivity contribution is 0.102. The molecule has 2 aromatic heterocycles. The fourth-order valence-electron chi connectivity index (χ4n) is 4.15. The van der Waals surface area contributed by atoms with Gasteiger partial charge in [0.15, 0.2) is 5.13 Å². The van der Waals surface area contributed by atoms with Gasteiger partial charge in [-0.1, -0.05) is 41.0 Å². The number of anilines is 1. The molecule has 0 unspecified atom stereocenters. The number of rotatable bonds is 6. The van der Waals surface area contributed by atoms with Crippen molar-refractivity contribution in [3.63, 3.8) is 0 Å². The average molecular weight is 495 g/mol. The number of thiazole rings is 1. The third kappa shape index (κ3) is 4.57. The number of hydrogen-bond donors (Lipinski definition) is 1. The molecular formula is C25H23ClN4O3S. The number of nitrogens with one attached hydrogen (secondary N) is 1. The minimum atomic E-state index is -0.324. The van der Waals surface area contributed by atoms with E-state index in [9.17, 15) is 4.79 Å². The molecule has 1 amide bonds. The van der Waals surface area contributed by atoms with Crippen LogP contribution in [-0.4, -0.2) is 34.6 Å². The van der Waals surface area contributed by atoms with Gasteiger partial charge in [-0.05, 0) is 42.7 Å². The molecule has 0 fully saturated rings. The first kappa shape index (κ1) is 22.6. The lowest BCUT2D eigenvalue weighted by atomic mass is 9.99. The largest absolute Gasteiger partial charge is 0.497 e. The smallest absolute Gasteiger partial charge is 0.263 e. The Kier molecular flexibility index (Phi) is 6.36. The maximum absolute atomic E-state index is 13.1. The lowest BCUT2D eigenvalue weighted by Crippen LogP contribution is -2.30. The minimum Gasteiger partial charge on any atom is -0.497 e. The Bertz CT molecular complexity index is 1350. The zero-order chi connectivity index (χ0) is 23.7. The van der Waals surface area contributed by atoms with Gasteiger partial charge in [0.2, 0.25) is 0 Å². The van der Waals surface area contributed by atoms with Crippen LogP contribution in [0, 0.1) is 6.92 Å². The van der Waals surface area contributed by atoms with Crippen LogP contribution in [0.5, 0.6) is 5.75 Å². The summed E-state index contributed by atoms with van der Waals surface area (Å²) in [5, 5.41) is 9.98. The Hall–Kier alpha value is -3.20. The quantitative estimate of drug-likeness (QED) is 0.377. The average Bonchev–Trinajstić information content (AvgIpc) is 3.44. The molecule has 0 aliphatic carbocycles. The van der Waals surface area contributed by atoms with Gasteiger partial charge in [0, 0.05) is 30.6 Å². The Morgan fingerprint density at radius 2 is 2.12 bits per heavy atom. The first-order valence-corrected chi connectivity index (χ1v) is 12.1. The number of fused-ring (bicyclic) bond motifs is 1. The van der Waals surface area contributed by atoms with Crippen LogP contribution in [0.1, 0.15) is 32.9 Å². The number of hydrogen-bond acceptors (Lipinski definition) is 7.